The molecule has 1 aliphatic rings. The quantitative estimate of drug-likeness (QED) is 0.592. The predicted molar refractivity (Wildman–Crippen MR) is 89.1 cm³/mol. The third-order valence-electron chi connectivity index (χ3n) is 4.27. The standard InChI is InChI=1S/C15H33N3O2S/c1-5-17(6-2)11-8-12-18(7-3)21(19,20)14(4)13-16-15-9-10-15/h14-16H,5-13H2,1-4H3. The summed E-state index contributed by atoms with van der Waals surface area (Å²) in [5, 5.41) is 2.98. The minimum absolute atomic E-state index is 0.341. The lowest BCUT2D eigenvalue weighted by Crippen LogP contribution is -2.43. The second-order valence-electron chi connectivity index (χ2n) is 5.91. The van der Waals surface area contributed by atoms with Gasteiger partial charge in [0, 0.05) is 25.7 Å². The van der Waals surface area contributed by atoms with E-state index < -0.39 is 10.0 Å². The van der Waals surface area contributed by atoms with Crippen LogP contribution in [-0.4, -0.2) is 68.2 Å². The van der Waals surface area contributed by atoms with Crippen LogP contribution in [0.1, 0.15) is 47.0 Å². The van der Waals surface area contributed by atoms with E-state index in [0.29, 0.717) is 25.7 Å². The van der Waals surface area contributed by atoms with E-state index in [9.17, 15) is 8.42 Å². The van der Waals surface area contributed by atoms with Crippen LogP contribution in [0.15, 0.2) is 0 Å². The summed E-state index contributed by atoms with van der Waals surface area (Å²) in [6.45, 7) is 12.8. The predicted octanol–water partition coefficient (Wildman–Crippen LogP) is 1.51. The normalized spacial score (nSPS) is 17.6. The van der Waals surface area contributed by atoms with Crippen molar-refractivity contribution in [2.45, 2.75) is 58.2 Å². The SMILES string of the molecule is CCN(CC)CCCN(CC)S(=O)(=O)C(C)CNC1CC1. The first-order valence-corrected chi connectivity index (χ1v) is 9.90. The van der Waals surface area contributed by atoms with E-state index >= 15 is 0 Å². The topological polar surface area (TPSA) is 52.7 Å². The van der Waals surface area contributed by atoms with E-state index in [1.165, 1.54) is 12.8 Å². The van der Waals surface area contributed by atoms with Gasteiger partial charge < -0.3 is 10.2 Å². The molecule has 1 fully saturated rings. The van der Waals surface area contributed by atoms with Gasteiger partial charge in [0.1, 0.15) is 0 Å². The summed E-state index contributed by atoms with van der Waals surface area (Å²) in [6.07, 6.45) is 3.28. The molecule has 126 valence electrons. The number of nitrogens with one attached hydrogen (secondary N) is 1. The highest BCUT2D eigenvalue weighted by molar-refractivity contribution is 7.89. The average molecular weight is 320 g/mol. The van der Waals surface area contributed by atoms with Crippen LogP contribution < -0.4 is 5.32 Å². The molecule has 0 spiro atoms. The minimum Gasteiger partial charge on any atom is -0.313 e. The molecule has 0 heterocycles. The number of sulfonamides is 1. The van der Waals surface area contributed by atoms with Gasteiger partial charge in [0.15, 0.2) is 0 Å². The highest BCUT2D eigenvalue weighted by atomic mass is 32.2. The van der Waals surface area contributed by atoms with E-state index in [-0.39, 0.29) is 5.25 Å². The van der Waals surface area contributed by atoms with E-state index in [0.717, 1.165) is 26.1 Å². The molecule has 21 heavy (non-hydrogen) atoms. The molecule has 0 aromatic heterocycles. The Balaban J connectivity index is 2.43. The molecule has 0 saturated heterocycles. The number of nitrogens with zero attached hydrogens (tertiary/aromatic N) is 2. The molecule has 1 atom stereocenters. The first-order valence-electron chi connectivity index (χ1n) is 8.40. The van der Waals surface area contributed by atoms with Crippen molar-refractivity contribution in [1.82, 2.24) is 14.5 Å². The lowest BCUT2D eigenvalue weighted by atomic mass is 10.3. The molecule has 1 rings (SSSR count). The second-order valence-corrected chi connectivity index (χ2v) is 8.26. The van der Waals surface area contributed by atoms with Gasteiger partial charge in [0.2, 0.25) is 10.0 Å². The van der Waals surface area contributed by atoms with Crippen molar-refractivity contribution in [2.75, 3.05) is 39.3 Å². The van der Waals surface area contributed by atoms with Crippen molar-refractivity contribution in [3.05, 3.63) is 0 Å². The van der Waals surface area contributed by atoms with Gasteiger partial charge in [-0.3, -0.25) is 0 Å². The maximum Gasteiger partial charge on any atom is 0.217 e. The third kappa shape index (κ3) is 6.22. The summed E-state index contributed by atoms with van der Waals surface area (Å²) in [5.41, 5.74) is 0. The fourth-order valence-electron chi connectivity index (χ4n) is 2.46. The molecule has 0 radical (unpaired) electrons. The Morgan fingerprint density at radius 3 is 2.19 bits per heavy atom. The van der Waals surface area contributed by atoms with Crippen LogP contribution in [0, 0.1) is 0 Å². The maximum absolute atomic E-state index is 12.6. The molecule has 0 amide bonds. The highest BCUT2D eigenvalue weighted by Crippen LogP contribution is 2.19. The van der Waals surface area contributed by atoms with Gasteiger partial charge >= 0.3 is 0 Å². The van der Waals surface area contributed by atoms with Crippen molar-refractivity contribution in [3.8, 4) is 0 Å². The molecule has 1 N–H and O–H groups in total. The number of hydrogen-bond acceptors (Lipinski definition) is 4. The van der Waals surface area contributed by atoms with Crippen LogP contribution >= 0.6 is 0 Å². The fraction of sp³-hybridized carbons (Fsp3) is 1.00. The largest absolute Gasteiger partial charge is 0.313 e. The lowest BCUT2D eigenvalue weighted by molar-refractivity contribution is 0.285. The smallest absolute Gasteiger partial charge is 0.217 e. The van der Waals surface area contributed by atoms with E-state index in [2.05, 4.69) is 24.1 Å². The molecule has 1 unspecified atom stereocenters. The van der Waals surface area contributed by atoms with Crippen LogP contribution in [0.3, 0.4) is 0 Å². The van der Waals surface area contributed by atoms with Gasteiger partial charge in [-0.2, -0.15) is 0 Å². The Bertz CT molecular complexity index is 378. The first-order chi connectivity index (χ1) is 9.95. The Hall–Kier alpha value is -0.170. The minimum atomic E-state index is -3.18. The van der Waals surface area contributed by atoms with Gasteiger partial charge in [0.05, 0.1) is 5.25 Å². The molecular weight excluding hydrogens is 286 g/mol. The zero-order valence-corrected chi connectivity index (χ0v) is 15.0. The van der Waals surface area contributed by atoms with Crippen LogP contribution in [0.5, 0.6) is 0 Å². The van der Waals surface area contributed by atoms with Gasteiger partial charge in [-0.1, -0.05) is 20.8 Å². The number of rotatable bonds is 12. The van der Waals surface area contributed by atoms with E-state index in [4.69, 9.17) is 0 Å². The molecular formula is C15H33N3O2S. The van der Waals surface area contributed by atoms with Gasteiger partial charge in [-0.15, -0.1) is 0 Å². The average Bonchev–Trinajstić information content (AvgIpc) is 3.29. The molecule has 0 aromatic rings. The Morgan fingerprint density at radius 1 is 1.10 bits per heavy atom. The van der Waals surface area contributed by atoms with Crippen molar-refractivity contribution >= 4 is 10.0 Å². The van der Waals surface area contributed by atoms with Crippen molar-refractivity contribution in [3.63, 3.8) is 0 Å². The summed E-state index contributed by atoms with van der Waals surface area (Å²) in [4.78, 5) is 2.33. The maximum atomic E-state index is 12.6. The zero-order valence-electron chi connectivity index (χ0n) is 14.1. The van der Waals surface area contributed by atoms with Crippen molar-refractivity contribution in [1.29, 1.82) is 0 Å². The zero-order chi connectivity index (χ0) is 15.9. The monoisotopic (exact) mass is 319 g/mol. The molecule has 0 aliphatic heterocycles. The second kappa shape index (κ2) is 9.08. The Morgan fingerprint density at radius 2 is 1.71 bits per heavy atom. The van der Waals surface area contributed by atoms with E-state index in [1.807, 2.05) is 13.8 Å². The van der Waals surface area contributed by atoms with Crippen molar-refractivity contribution in [2.24, 2.45) is 0 Å². The molecule has 1 saturated carbocycles. The molecule has 0 aromatic carbocycles. The van der Waals surface area contributed by atoms with Gasteiger partial charge in [-0.05, 0) is 45.8 Å². The lowest BCUT2D eigenvalue weighted by Gasteiger charge is -2.26. The molecule has 5 nitrogen and oxygen atoms in total. The van der Waals surface area contributed by atoms with Crippen LogP contribution in [0.25, 0.3) is 0 Å². The summed E-state index contributed by atoms with van der Waals surface area (Å²) in [7, 11) is -3.18. The summed E-state index contributed by atoms with van der Waals surface area (Å²) < 4.78 is 26.8. The summed E-state index contributed by atoms with van der Waals surface area (Å²) in [6, 6.07) is 0.556. The Kier molecular flexibility index (Phi) is 8.16. The Labute approximate surface area is 131 Å². The van der Waals surface area contributed by atoms with Gasteiger partial charge in [0.25, 0.3) is 0 Å². The van der Waals surface area contributed by atoms with Gasteiger partial charge in [-0.25, -0.2) is 12.7 Å². The summed E-state index contributed by atoms with van der Waals surface area (Å²) >= 11 is 0. The molecule has 1 aliphatic carbocycles. The highest BCUT2D eigenvalue weighted by Gasteiger charge is 2.29. The fourth-order valence-corrected chi connectivity index (χ4v) is 4.01. The van der Waals surface area contributed by atoms with Crippen LogP contribution in [0.4, 0.5) is 0 Å². The number of hydrogen-bond donors (Lipinski definition) is 1. The van der Waals surface area contributed by atoms with Crippen LogP contribution in [-0.2, 0) is 10.0 Å². The summed E-state index contributed by atoms with van der Waals surface area (Å²) in [5.74, 6) is 0. The van der Waals surface area contributed by atoms with Crippen molar-refractivity contribution < 1.29 is 8.42 Å². The molecule has 6 heteroatoms. The molecule has 0 bridgehead atoms. The van der Waals surface area contributed by atoms with Crippen LogP contribution in [0.2, 0.25) is 0 Å². The van der Waals surface area contributed by atoms with E-state index in [1.54, 1.807) is 4.31 Å². The third-order valence-corrected chi connectivity index (χ3v) is 6.61. The first kappa shape index (κ1) is 18.9.